The van der Waals surface area contributed by atoms with E-state index in [1.54, 1.807) is 12.4 Å². The van der Waals surface area contributed by atoms with Crippen LogP contribution in [-0.2, 0) is 14.3 Å². The number of ether oxygens (including phenoxy) is 1. The van der Waals surface area contributed by atoms with Crippen LogP contribution in [0.15, 0.2) is 24.5 Å². The molecule has 3 fully saturated rings. The Morgan fingerprint density at radius 2 is 2.33 bits per heavy atom. The molecule has 0 bridgehead atoms. The second kappa shape index (κ2) is 5.84. The maximum absolute atomic E-state index is 13.2. The van der Waals surface area contributed by atoms with Gasteiger partial charge in [-0.25, -0.2) is 0 Å². The van der Waals surface area contributed by atoms with Gasteiger partial charge in [0.2, 0.25) is 11.8 Å². The van der Waals surface area contributed by atoms with Crippen LogP contribution in [0.1, 0.15) is 19.8 Å². The van der Waals surface area contributed by atoms with Gasteiger partial charge in [-0.05, 0) is 30.9 Å². The molecule has 4 heterocycles. The number of aromatic nitrogens is 1. The van der Waals surface area contributed by atoms with Gasteiger partial charge in [-0.2, -0.15) is 0 Å². The van der Waals surface area contributed by atoms with Crippen molar-refractivity contribution >= 4 is 17.5 Å². The lowest BCUT2D eigenvalue weighted by atomic mass is 9.78. The molecule has 1 unspecified atom stereocenters. The zero-order valence-corrected chi connectivity index (χ0v) is 14.0. The van der Waals surface area contributed by atoms with Crippen molar-refractivity contribution in [1.29, 1.82) is 0 Å². The number of carbonyl (C=O) groups is 2. The Kier molecular flexibility index (Phi) is 3.79. The number of hydrogen-bond donors (Lipinski definition) is 0. The van der Waals surface area contributed by atoms with Gasteiger partial charge in [0.25, 0.3) is 0 Å². The molecule has 3 atom stereocenters. The quantitative estimate of drug-likeness (QED) is 0.821. The highest BCUT2D eigenvalue weighted by Crippen LogP contribution is 2.46. The number of anilines is 1. The van der Waals surface area contributed by atoms with Crippen molar-refractivity contribution in [3.05, 3.63) is 24.5 Å². The van der Waals surface area contributed by atoms with Crippen molar-refractivity contribution in [2.75, 3.05) is 37.7 Å². The average Bonchev–Trinajstić information content (AvgIpc) is 3.31. The number of hydrogen-bond acceptors (Lipinski definition) is 4. The zero-order chi connectivity index (χ0) is 16.7. The van der Waals surface area contributed by atoms with Crippen LogP contribution >= 0.6 is 0 Å². The summed E-state index contributed by atoms with van der Waals surface area (Å²) in [4.78, 5) is 33.7. The first-order valence-electron chi connectivity index (χ1n) is 8.70. The third kappa shape index (κ3) is 2.32. The lowest BCUT2D eigenvalue weighted by Gasteiger charge is -2.26. The van der Waals surface area contributed by atoms with Gasteiger partial charge in [-0.1, -0.05) is 6.92 Å². The summed E-state index contributed by atoms with van der Waals surface area (Å²) in [6, 6.07) is 3.77. The molecule has 2 amide bonds. The molecule has 6 nitrogen and oxygen atoms in total. The summed E-state index contributed by atoms with van der Waals surface area (Å²) in [5.41, 5.74) is 0.408. The van der Waals surface area contributed by atoms with Crippen LogP contribution in [0.5, 0.6) is 0 Å². The van der Waals surface area contributed by atoms with Crippen LogP contribution in [0.25, 0.3) is 0 Å². The highest BCUT2D eigenvalue weighted by molar-refractivity contribution is 6.01. The molecule has 24 heavy (non-hydrogen) atoms. The SMILES string of the molecule is C[C@H]1CN(C(=O)C2CCOC2)C[C@@]12CCN(c1cccnc1)C2=O. The van der Waals surface area contributed by atoms with E-state index in [1.165, 1.54) is 0 Å². The Bertz CT molecular complexity index is 644. The summed E-state index contributed by atoms with van der Waals surface area (Å²) in [5, 5.41) is 0. The minimum Gasteiger partial charge on any atom is -0.381 e. The fraction of sp³-hybridized carbons (Fsp3) is 0.611. The van der Waals surface area contributed by atoms with Gasteiger partial charge in [-0.15, -0.1) is 0 Å². The van der Waals surface area contributed by atoms with Gasteiger partial charge in [0.05, 0.1) is 29.8 Å². The molecule has 128 valence electrons. The van der Waals surface area contributed by atoms with Gasteiger partial charge in [0.1, 0.15) is 0 Å². The van der Waals surface area contributed by atoms with E-state index < -0.39 is 5.41 Å². The molecular weight excluding hydrogens is 306 g/mol. The van der Waals surface area contributed by atoms with Crippen LogP contribution in [0.2, 0.25) is 0 Å². The second-order valence-electron chi connectivity index (χ2n) is 7.25. The molecule has 0 aliphatic carbocycles. The highest BCUT2D eigenvalue weighted by atomic mass is 16.5. The lowest BCUT2D eigenvalue weighted by molar-refractivity contribution is -0.135. The largest absolute Gasteiger partial charge is 0.381 e. The number of pyridine rings is 1. The summed E-state index contributed by atoms with van der Waals surface area (Å²) < 4.78 is 5.35. The molecule has 0 radical (unpaired) electrons. The van der Waals surface area contributed by atoms with Crippen molar-refractivity contribution in [2.45, 2.75) is 19.8 Å². The minimum atomic E-state index is -0.440. The average molecular weight is 329 g/mol. The maximum Gasteiger partial charge on any atom is 0.235 e. The molecule has 3 saturated heterocycles. The summed E-state index contributed by atoms with van der Waals surface area (Å²) >= 11 is 0. The van der Waals surface area contributed by atoms with E-state index in [4.69, 9.17) is 4.74 Å². The second-order valence-corrected chi connectivity index (χ2v) is 7.25. The zero-order valence-electron chi connectivity index (χ0n) is 14.0. The summed E-state index contributed by atoms with van der Waals surface area (Å²) in [7, 11) is 0. The first-order chi connectivity index (χ1) is 11.6. The standard InChI is InChI=1S/C18H23N3O3/c1-13-10-20(16(22)14-4-8-24-11-14)12-18(13)5-7-21(17(18)23)15-3-2-6-19-9-15/h2-3,6,9,13-14H,4-5,7-8,10-12H2,1H3/t13-,14?,18-/m0/s1. The maximum atomic E-state index is 13.2. The van der Waals surface area contributed by atoms with Crippen LogP contribution in [0.4, 0.5) is 5.69 Å². The lowest BCUT2D eigenvalue weighted by Crippen LogP contribution is -2.41. The number of rotatable bonds is 2. The van der Waals surface area contributed by atoms with E-state index in [1.807, 2.05) is 21.9 Å². The van der Waals surface area contributed by atoms with Gasteiger partial charge in [0.15, 0.2) is 0 Å². The molecule has 6 heteroatoms. The van der Waals surface area contributed by atoms with E-state index >= 15 is 0 Å². The molecule has 1 spiro atoms. The number of likely N-dealkylation sites (tertiary alicyclic amines) is 1. The third-order valence-electron chi connectivity index (χ3n) is 5.91. The third-order valence-corrected chi connectivity index (χ3v) is 5.91. The Labute approximate surface area is 141 Å². The van der Waals surface area contributed by atoms with Gasteiger partial charge in [-0.3, -0.25) is 14.6 Å². The van der Waals surface area contributed by atoms with E-state index in [-0.39, 0.29) is 23.7 Å². The van der Waals surface area contributed by atoms with Gasteiger partial charge < -0.3 is 14.5 Å². The van der Waals surface area contributed by atoms with Crippen molar-refractivity contribution in [2.24, 2.45) is 17.3 Å². The Morgan fingerprint density at radius 3 is 3.04 bits per heavy atom. The molecule has 3 aliphatic rings. The van der Waals surface area contributed by atoms with E-state index in [0.717, 1.165) is 18.5 Å². The fourth-order valence-electron chi connectivity index (χ4n) is 4.37. The van der Waals surface area contributed by atoms with Gasteiger partial charge >= 0.3 is 0 Å². The molecule has 1 aromatic rings. The van der Waals surface area contributed by atoms with Crippen LogP contribution in [0, 0.1) is 17.3 Å². The van der Waals surface area contributed by atoms with Crippen LogP contribution < -0.4 is 4.90 Å². The van der Waals surface area contributed by atoms with E-state index in [0.29, 0.717) is 32.8 Å². The molecule has 3 aliphatic heterocycles. The van der Waals surface area contributed by atoms with Crippen LogP contribution in [0.3, 0.4) is 0 Å². The smallest absolute Gasteiger partial charge is 0.235 e. The first-order valence-corrected chi connectivity index (χ1v) is 8.70. The fourth-order valence-corrected chi connectivity index (χ4v) is 4.37. The summed E-state index contributed by atoms with van der Waals surface area (Å²) in [5.74, 6) is 0.445. The number of nitrogens with zero attached hydrogens (tertiary/aromatic N) is 3. The molecule has 0 N–H and O–H groups in total. The predicted octanol–water partition coefficient (Wildman–Crippen LogP) is 1.32. The van der Waals surface area contributed by atoms with Gasteiger partial charge in [0, 0.05) is 32.4 Å². The molecule has 4 rings (SSSR count). The molecular formula is C18H23N3O3. The van der Waals surface area contributed by atoms with Crippen molar-refractivity contribution in [3.8, 4) is 0 Å². The van der Waals surface area contributed by atoms with E-state index in [2.05, 4.69) is 11.9 Å². The first kappa shape index (κ1) is 15.6. The Hall–Kier alpha value is -1.95. The predicted molar refractivity (Wildman–Crippen MR) is 88.3 cm³/mol. The van der Waals surface area contributed by atoms with Crippen molar-refractivity contribution in [3.63, 3.8) is 0 Å². The van der Waals surface area contributed by atoms with Crippen molar-refractivity contribution < 1.29 is 14.3 Å². The minimum absolute atomic E-state index is 0.0294. The number of carbonyl (C=O) groups excluding carboxylic acids is 2. The van der Waals surface area contributed by atoms with Crippen molar-refractivity contribution in [1.82, 2.24) is 9.88 Å². The summed E-state index contributed by atoms with van der Waals surface area (Å²) in [6.45, 7) is 5.19. The number of amides is 2. The van der Waals surface area contributed by atoms with E-state index in [9.17, 15) is 9.59 Å². The monoisotopic (exact) mass is 329 g/mol. The van der Waals surface area contributed by atoms with Crippen LogP contribution in [-0.4, -0.2) is 54.5 Å². The summed E-state index contributed by atoms with van der Waals surface area (Å²) in [6.07, 6.45) is 5.04. The Morgan fingerprint density at radius 1 is 1.46 bits per heavy atom. The normalized spacial score (nSPS) is 33.0. The Balaban J connectivity index is 1.53. The molecule has 0 aromatic carbocycles. The highest BCUT2D eigenvalue weighted by Gasteiger charge is 2.56. The topological polar surface area (TPSA) is 62.7 Å². The molecule has 0 saturated carbocycles. The molecule has 1 aromatic heterocycles.